The summed E-state index contributed by atoms with van der Waals surface area (Å²) in [5, 5.41) is 2.97. The number of benzene rings is 2. The maximum atomic E-state index is 11.5. The van der Waals surface area contributed by atoms with E-state index in [2.05, 4.69) is 60.6 Å². The number of nitrogens with one attached hydrogen (secondary N) is 1. The van der Waals surface area contributed by atoms with E-state index in [1.165, 1.54) is 16.7 Å². The number of anilines is 1. The summed E-state index contributed by atoms with van der Waals surface area (Å²) in [7, 11) is 2.15. The van der Waals surface area contributed by atoms with E-state index in [-0.39, 0.29) is 5.91 Å². The lowest BCUT2D eigenvalue weighted by Crippen LogP contribution is -2.39. The fraction of sp³-hybridized carbons (Fsp3) is 0.316. The highest BCUT2D eigenvalue weighted by atomic mass is 16.1. The van der Waals surface area contributed by atoms with E-state index in [0.29, 0.717) is 12.0 Å². The molecule has 1 aliphatic heterocycles. The van der Waals surface area contributed by atoms with Crippen LogP contribution in [0, 0.1) is 0 Å². The molecule has 2 atom stereocenters. The van der Waals surface area contributed by atoms with Crippen LogP contribution in [0.5, 0.6) is 0 Å². The van der Waals surface area contributed by atoms with E-state index >= 15 is 0 Å². The third-order valence-electron chi connectivity index (χ3n) is 4.60. The van der Waals surface area contributed by atoms with Gasteiger partial charge in [-0.2, -0.15) is 0 Å². The first-order chi connectivity index (χ1) is 10.6. The zero-order chi connectivity index (χ0) is 15.7. The largest absolute Gasteiger partial charge is 0.326 e. The average Bonchev–Trinajstić information content (AvgIpc) is 2.50. The molecule has 3 heteroatoms. The van der Waals surface area contributed by atoms with Crippen molar-refractivity contribution in [3.05, 3.63) is 65.2 Å². The number of fused-ring (bicyclic) bond motifs is 1. The molecule has 2 aromatic carbocycles. The first kappa shape index (κ1) is 14.8. The predicted octanol–water partition coefficient (Wildman–Crippen LogP) is 3.61. The van der Waals surface area contributed by atoms with Crippen LogP contribution in [0.4, 0.5) is 5.69 Å². The van der Waals surface area contributed by atoms with Crippen LogP contribution >= 0.6 is 0 Å². The second-order valence-corrected chi connectivity index (χ2v) is 6.10. The van der Waals surface area contributed by atoms with Crippen molar-refractivity contribution in [2.75, 3.05) is 12.4 Å². The van der Waals surface area contributed by atoms with Gasteiger partial charge in [-0.1, -0.05) is 42.5 Å². The summed E-state index contributed by atoms with van der Waals surface area (Å²) < 4.78 is 0. The van der Waals surface area contributed by atoms with Crippen molar-refractivity contribution in [2.45, 2.75) is 32.4 Å². The third-order valence-corrected chi connectivity index (χ3v) is 4.60. The minimum Gasteiger partial charge on any atom is -0.326 e. The molecule has 1 aliphatic rings. The molecule has 0 saturated heterocycles. The molecule has 3 nitrogen and oxygen atoms in total. The molecule has 0 spiro atoms. The number of rotatable bonds is 2. The Bertz CT molecular complexity index is 681. The first-order valence-corrected chi connectivity index (χ1v) is 7.72. The molecule has 0 saturated carbocycles. The molecule has 1 amide bonds. The molecule has 0 aliphatic carbocycles. The van der Waals surface area contributed by atoms with Gasteiger partial charge in [0.1, 0.15) is 0 Å². The summed E-state index contributed by atoms with van der Waals surface area (Å²) in [5.41, 5.74) is 4.81. The maximum Gasteiger partial charge on any atom is 0.221 e. The van der Waals surface area contributed by atoms with Crippen molar-refractivity contribution >= 4 is 11.6 Å². The maximum absolute atomic E-state index is 11.5. The van der Waals surface area contributed by atoms with Gasteiger partial charge in [0.05, 0.1) is 0 Å². The average molecular weight is 294 g/mol. The van der Waals surface area contributed by atoms with Crippen LogP contribution < -0.4 is 5.32 Å². The zero-order valence-corrected chi connectivity index (χ0v) is 13.3. The topological polar surface area (TPSA) is 32.3 Å². The van der Waals surface area contributed by atoms with Crippen molar-refractivity contribution < 1.29 is 4.79 Å². The summed E-state index contributed by atoms with van der Waals surface area (Å²) in [4.78, 5) is 13.8. The molecule has 114 valence electrons. The number of hydrogen-bond donors (Lipinski definition) is 1. The highest BCUT2D eigenvalue weighted by molar-refractivity contribution is 5.89. The Morgan fingerprint density at radius 2 is 1.86 bits per heavy atom. The highest BCUT2D eigenvalue weighted by Gasteiger charge is 2.32. The SMILES string of the molecule is CC(=O)Nc1cccc2c1CN(C)C(C)C2c1ccccc1. The lowest BCUT2D eigenvalue weighted by Gasteiger charge is -2.39. The Labute approximate surface area is 132 Å². The molecule has 0 aromatic heterocycles. The standard InChI is InChI=1S/C19H22N2O/c1-13-19(15-8-5-4-6-9-15)16-10-7-11-18(20-14(2)22)17(16)12-21(13)3/h4-11,13,19H,12H2,1-3H3,(H,20,22). The van der Waals surface area contributed by atoms with Gasteiger partial charge in [0, 0.05) is 31.1 Å². The molecule has 1 heterocycles. The number of likely N-dealkylation sites (N-methyl/N-ethyl adjacent to an activating group) is 1. The predicted molar refractivity (Wildman–Crippen MR) is 90.0 cm³/mol. The molecule has 2 unspecified atom stereocenters. The number of nitrogens with zero attached hydrogens (tertiary/aromatic N) is 1. The van der Waals surface area contributed by atoms with E-state index in [4.69, 9.17) is 0 Å². The van der Waals surface area contributed by atoms with Crippen molar-refractivity contribution in [1.82, 2.24) is 4.90 Å². The molecule has 1 N–H and O–H groups in total. The quantitative estimate of drug-likeness (QED) is 0.917. The smallest absolute Gasteiger partial charge is 0.221 e. The lowest BCUT2D eigenvalue weighted by atomic mass is 9.79. The van der Waals surface area contributed by atoms with Gasteiger partial charge in [0.15, 0.2) is 0 Å². The normalized spacial score (nSPS) is 21.2. The second kappa shape index (κ2) is 5.93. The molecule has 0 radical (unpaired) electrons. The minimum atomic E-state index is -0.0223. The van der Waals surface area contributed by atoms with Crippen LogP contribution in [0.2, 0.25) is 0 Å². The fourth-order valence-electron chi connectivity index (χ4n) is 3.41. The number of carbonyl (C=O) groups excluding carboxylic acids is 1. The summed E-state index contributed by atoms with van der Waals surface area (Å²) in [6.07, 6.45) is 0. The van der Waals surface area contributed by atoms with Gasteiger partial charge in [-0.3, -0.25) is 9.69 Å². The van der Waals surface area contributed by atoms with Crippen LogP contribution in [0.25, 0.3) is 0 Å². The van der Waals surface area contributed by atoms with Gasteiger partial charge < -0.3 is 5.32 Å². The summed E-state index contributed by atoms with van der Waals surface area (Å²) >= 11 is 0. The van der Waals surface area contributed by atoms with Crippen molar-refractivity contribution in [3.8, 4) is 0 Å². The molecule has 22 heavy (non-hydrogen) atoms. The first-order valence-electron chi connectivity index (χ1n) is 7.72. The highest BCUT2D eigenvalue weighted by Crippen LogP contribution is 2.40. The van der Waals surface area contributed by atoms with Crippen LogP contribution in [-0.4, -0.2) is 23.9 Å². The third kappa shape index (κ3) is 2.64. The van der Waals surface area contributed by atoms with E-state index in [0.717, 1.165) is 12.2 Å². The Morgan fingerprint density at radius 1 is 1.14 bits per heavy atom. The van der Waals surface area contributed by atoms with Crippen LogP contribution in [0.15, 0.2) is 48.5 Å². The zero-order valence-electron chi connectivity index (χ0n) is 13.3. The second-order valence-electron chi connectivity index (χ2n) is 6.10. The molecular weight excluding hydrogens is 272 g/mol. The Hall–Kier alpha value is -2.13. The van der Waals surface area contributed by atoms with Crippen molar-refractivity contribution in [3.63, 3.8) is 0 Å². The van der Waals surface area contributed by atoms with Gasteiger partial charge in [0.2, 0.25) is 5.91 Å². The number of carbonyl (C=O) groups is 1. The fourth-order valence-corrected chi connectivity index (χ4v) is 3.41. The summed E-state index contributed by atoms with van der Waals surface area (Å²) in [6.45, 7) is 4.69. The minimum absolute atomic E-state index is 0.0223. The van der Waals surface area contributed by atoms with Crippen LogP contribution in [0.1, 0.15) is 36.5 Å². The van der Waals surface area contributed by atoms with Crippen LogP contribution in [0.3, 0.4) is 0 Å². The molecular formula is C19H22N2O. The van der Waals surface area contributed by atoms with Gasteiger partial charge in [0.25, 0.3) is 0 Å². The van der Waals surface area contributed by atoms with E-state index in [9.17, 15) is 4.79 Å². The molecule has 2 aromatic rings. The van der Waals surface area contributed by atoms with Crippen molar-refractivity contribution in [2.24, 2.45) is 0 Å². The molecule has 0 fully saturated rings. The number of amides is 1. The molecule has 3 rings (SSSR count). The van der Waals surface area contributed by atoms with Crippen molar-refractivity contribution in [1.29, 1.82) is 0 Å². The lowest BCUT2D eigenvalue weighted by molar-refractivity contribution is -0.114. The van der Waals surface area contributed by atoms with Gasteiger partial charge in [-0.05, 0) is 36.7 Å². The van der Waals surface area contributed by atoms with E-state index in [1.54, 1.807) is 6.92 Å². The van der Waals surface area contributed by atoms with E-state index < -0.39 is 0 Å². The number of hydrogen-bond acceptors (Lipinski definition) is 2. The van der Waals surface area contributed by atoms with E-state index in [1.807, 2.05) is 12.1 Å². The summed E-state index contributed by atoms with van der Waals surface area (Å²) in [5.74, 6) is 0.301. The van der Waals surface area contributed by atoms with Crippen LogP contribution in [-0.2, 0) is 11.3 Å². The van der Waals surface area contributed by atoms with Gasteiger partial charge in [-0.15, -0.1) is 0 Å². The Balaban J connectivity index is 2.12. The summed E-state index contributed by atoms with van der Waals surface area (Å²) in [6, 6.07) is 17.3. The van der Waals surface area contributed by atoms with Gasteiger partial charge in [-0.25, -0.2) is 0 Å². The Kier molecular flexibility index (Phi) is 3.99. The van der Waals surface area contributed by atoms with Gasteiger partial charge >= 0.3 is 0 Å². The molecule has 0 bridgehead atoms. The monoisotopic (exact) mass is 294 g/mol. The Morgan fingerprint density at radius 3 is 2.55 bits per heavy atom.